The van der Waals surface area contributed by atoms with Gasteiger partial charge < -0.3 is 9.30 Å². The fourth-order valence-electron chi connectivity index (χ4n) is 5.10. The van der Waals surface area contributed by atoms with Crippen molar-refractivity contribution in [3.63, 3.8) is 0 Å². The summed E-state index contributed by atoms with van der Waals surface area (Å²) in [5.74, 6) is 1.39. The van der Waals surface area contributed by atoms with Crippen molar-refractivity contribution in [1.82, 2.24) is 14.5 Å². The summed E-state index contributed by atoms with van der Waals surface area (Å²) in [6.07, 6.45) is 2.12. The lowest BCUT2D eigenvalue weighted by Gasteiger charge is -2.25. The van der Waals surface area contributed by atoms with Crippen LogP contribution in [0.5, 0.6) is 5.75 Å². The number of halogens is 2. The van der Waals surface area contributed by atoms with Crippen molar-refractivity contribution in [3.05, 3.63) is 131 Å². The normalized spacial score (nSPS) is 11.2. The highest BCUT2D eigenvalue weighted by atomic mass is 35.5. The van der Waals surface area contributed by atoms with E-state index in [0.717, 1.165) is 64.6 Å². The predicted octanol–water partition coefficient (Wildman–Crippen LogP) is 9.02. The van der Waals surface area contributed by atoms with Gasteiger partial charge in [0, 0.05) is 37.3 Å². The average Bonchev–Trinajstić information content (AvgIpc) is 3.36. The van der Waals surface area contributed by atoms with E-state index in [1.165, 1.54) is 6.07 Å². The van der Waals surface area contributed by atoms with Crippen molar-refractivity contribution >= 4 is 11.6 Å². The molecule has 0 unspecified atom stereocenters. The van der Waals surface area contributed by atoms with Crippen molar-refractivity contribution in [2.24, 2.45) is 0 Å². The summed E-state index contributed by atoms with van der Waals surface area (Å²) in [6.45, 7) is 5.02. The largest absolute Gasteiger partial charge is 0.497 e. The van der Waals surface area contributed by atoms with Crippen molar-refractivity contribution in [2.75, 3.05) is 7.11 Å². The van der Waals surface area contributed by atoms with Gasteiger partial charge in [-0.3, -0.25) is 4.90 Å². The molecule has 5 rings (SSSR count). The smallest absolute Gasteiger partial charge is 0.141 e. The van der Waals surface area contributed by atoms with Crippen LogP contribution in [0.3, 0.4) is 0 Å². The molecule has 0 saturated carbocycles. The van der Waals surface area contributed by atoms with Gasteiger partial charge in [0.25, 0.3) is 0 Å². The van der Waals surface area contributed by atoms with Crippen LogP contribution in [0.4, 0.5) is 4.39 Å². The van der Waals surface area contributed by atoms with Gasteiger partial charge in [0.2, 0.25) is 0 Å². The summed E-state index contributed by atoms with van der Waals surface area (Å²) >= 11 is 6.19. The summed E-state index contributed by atoms with van der Waals surface area (Å²) in [6, 6.07) is 33.9. The molecule has 0 atom stereocenters. The third-order valence-electron chi connectivity index (χ3n) is 7.22. The Kier molecular flexibility index (Phi) is 9.50. The van der Waals surface area contributed by atoms with Crippen molar-refractivity contribution in [1.29, 1.82) is 0 Å². The van der Waals surface area contributed by atoms with E-state index >= 15 is 0 Å². The van der Waals surface area contributed by atoms with Crippen LogP contribution in [-0.4, -0.2) is 21.6 Å². The minimum Gasteiger partial charge on any atom is -0.497 e. The maximum absolute atomic E-state index is 14.0. The Morgan fingerprint density at radius 2 is 1.44 bits per heavy atom. The first-order chi connectivity index (χ1) is 20.1. The van der Waals surface area contributed by atoms with Gasteiger partial charge in [-0.05, 0) is 41.8 Å². The topological polar surface area (TPSA) is 30.3 Å². The maximum atomic E-state index is 14.0. The summed E-state index contributed by atoms with van der Waals surface area (Å²) in [5.41, 5.74) is 6.43. The molecule has 6 heteroatoms. The van der Waals surface area contributed by atoms with Crippen LogP contribution in [-0.2, 0) is 26.2 Å². The van der Waals surface area contributed by atoms with Gasteiger partial charge in [-0.1, -0.05) is 104 Å². The standard InChI is InChI=1S/C35H35ClFN3O/c1-3-4-21-40-33(34(28-11-7-5-8-12-28)38-35(40)29-13-9-6-10-14-29)25-39(23-26-15-18-30(41-2)19-16-26)24-27-17-20-32(37)31(36)22-27/h5-20,22H,3-4,21,23-25H2,1-2H3. The van der Waals surface area contributed by atoms with E-state index in [0.29, 0.717) is 19.6 Å². The average molecular weight is 568 g/mol. The summed E-state index contributed by atoms with van der Waals surface area (Å²) in [7, 11) is 1.67. The molecular weight excluding hydrogens is 533 g/mol. The second kappa shape index (κ2) is 13.6. The molecule has 4 aromatic carbocycles. The van der Waals surface area contributed by atoms with Gasteiger partial charge in [-0.15, -0.1) is 0 Å². The van der Waals surface area contributed by atoms with Crippen LogP contribution >= 0.6 is 11.6 Å². The number of imidazole rings is 1. The molecule has 0 fully saturated rings. The van der Waals surface area contributed by atoms with E-state index in [9.17, 15) is 4.39 Å². The number of nitrogens with zero attached hydrogens (tertiary/aromatic N) is 3. The minimum atomic E-state index is -0.409. The van der Waals surface area contributed by atoms with Crippen LogP contribution < -0.4 is 4.74 Å². The molecule has 0 aliphatic rings. The second-order valence-electron chi connectivity index (χ2n) is 10.2. The highest BCUT2D eigenvalue weighted by molar-refractivity contribution is 6.30. The molecule has 0 aliphatic carbocycles. The van der Waals surface area contributed by atoms with Crippen molar-refractivity contribution in [2.45, 2.75) is 45.9 Å². The minimum absolute atomic E-state index is 0.135. The van der Waals surface area contributed by atoms with Gasteiger partial charge in [0.1, 0.15) is 17.4 Å². The molecule has 5 aromatic rings. The van der Waals surface area contributed by atoms with Gasteiger partial charge in [0.05, 0.1) is 23.5 Å². The Balaban J connectivity index is 1.60. The Hall–Kier alpha value is -3.93. The number of hydrogen-bond donors (Lipinski definition) is 0. The molecular formula is C35H35ClFN3O. The first-order valence-electron chi connectivity index (χ1n) is 14.0. The van der Waals surface area contributed by atoms with E-state index in [1.54, 1.807) is 13.2 Å². The van der Waals surface area contributed by atoms with Crippen LogP contribution in [0.25, 0.3) is 22.6 Å². The lowest BCUT2D eigenvalue weighted by atomic mass is 10.1. The monoisotopic (exact) mass is 567 g/mol. The molecule has 0 spiro atoms. The lowest BCUT2D eigenvalue weighted by Crippen LogP contribution is -2.24. The van der Waals surface area contributed by atoms with Crippen LogP contribution in [0, 0.1) is 5.82 Å². The molecule has 210 valence electrons. The second-order valence-corrected chi connectivity index (χ2v) is 10.6. The Morgan fingerprint density at radius 1 is 0.805 bits per heavy atom. The van der Waals surface area contributed by atoms with Crippen LogP contribution in [0.1, 0.15) is 36.6 Å². The molecule has 1 heterocycles. The summed E-state index contributed by atoms with van der Waals surface area (Å²) in [5, 5.41) is 0.135. The highest BCUT2D eigenvalue weighted by Gasteiger charge is 2.22. The highest BCUT2D eigenvalue weighted by Crippen LogP contribution is 2.32. The SMILES string of the molecule is CCCCn1c(-c2ccccc2)nc(-c2ccccc2)c1CN(Cc1ccc(OC)cc1)Cc1ccc(F)c(Cl)c1. The number of aromatic nitrogens is 2. The summed E-state index contributed by atoms with van der Waals surface area (Å²) in [4.78, 5) is 7.64. The number of benzene rings is 4. The first-order valence-corrected chi connectivity index (χ1v) is 14.4. The van der Waals surface area contributed by atoms with Gasteiger partial charge >= 0.3 is 0 Å². The van der Waals surface area contributed by atoms with Gasteiger partial charge in [-0.2, -0.15) is 0 Å². The predicted molar refractivity (Wildman–Crippen MR) is 165 cm³/mol. The molecule has 0 saturated heterocycles. The van der Waals surface area contributed by atoms with Crippen molar-refractivity contribution in [3.8, 4) is 28.4 Å². The van der Waals surface area contributed by atoms with E-state index < -0.39 is 5.82 Å². The van der Waals surface area contributed by atoms with E-state index in [2.05, 4.69) is 77.1 Å². The van der Waals surface area contributed by atoms with E-state index in [-0.39, 0.29) is 5.02 Å². The number of methoxy groups -OCH3 is 1. The third kappa shape index (κ3) is 7.05. The molecule has 0 amide bonds. The van der Waals surface area contributed by atoms with Crippen LogP contribution in [0.15, 0.2) is 103 Å². The Labute approximate surface area is 247 Å². The maximum Gasteiger partial charge on any atom is 0.141 e. The first kappa shape index (κ1) is 28.6. The molecule has 4 nitrogen and oxygen atoms in total. The van der Waals surface area contributed by atoms with E-state index in [4.69, 9.17) is 21.3 Å². The number of ether oxygens (including phenoxy) is 1. The van der Waals surface area contributed by atoms with E-state index in [1.807, 2.05) is 30.3 Å². The molecule has 41 heavy (non-hydrogen) atoms. The fraction of sp³-hybridized carbons (Fsp3) is 0.229. The number of rotatable bonds is 12. The zero-order valence-corrected chi connectivity index (χ0v) is 24.3. The number of hydrogen-bond acceptors (Lipinski definition) is 3. The number of unbranched alkanes of at least 4 members (excludes halogenated alkanes) is 1. The van der Waals surface area contributed by atoms with Gasteiger partial charge in [-0.25, -0.2) is 9.37 Å². The quantitative estimate of drug-likeness (QED) is 0.151. The van der Waals surface area contributed by atoms with Crippen molar-refractivity contribution < 1.29 is 9.13 Å². The Bertz CT molecular complexity index is 1550. The zero-order chi connectivity index (χ0) is 28.6. The summed E-state index contributed by atoms with van der Waals surface area (Å²) < 4.78 is 21.8. The Morgan fingerprint density at radius 3 is 2.07 bits per heavy atom. The molecule has 1 aromatic heterocycles. The third-order valence-corrected chi connectivity index (χ3v) is 7.51. The zero-order valence-electron chi connectivity index (χ0n) is 23.6. The molecule has 0 N–H and O–H groups in total. The fourth-order valence-corrected chi connectivity index (χ4v) is 5.31. The van der Waals surface area contributed by atoms with Crippen LogP contribution in [0.2, 0.25) is 5.02 Å². The molecule has 0 radical (unpaired) electrons. The van der Waals surface area contributed by atoms with Gasteiger partial charge in [0.15, 0.2) is 0 Å². The molecule has 0 bridgehead atoms. The lowest BCUT2D eigenvalue weighted by molar-refractivity contribution is 0.241. The molecule has 0 aliphatic heterocycles.